The third kappa shape index (κ3) is 3.61. The molecule has 0 saturated heterocycles. The van der Waals surface area contributed by atoms with Crippen molar-refractivity contribution in [3.63, 3.8) is 0 Å². The first-order chi connectivity index (χ1) is 6.92. The normalized spacial score (nSPS) is 11.2. The van der Waals surface area contributed by atoms with Crippen LogP contribution in [-0.4, -0.2) is 19.1 Å². The Morgan fingerprint density at radius 3 is 2.60 bits per heavy atom. The fraction of sp³-hybridized carbons (Fsp3) is 0.300. The summed E-state index contributed by atoms with van der Waals surface area (Å²) in [6.07, 6.45) is -3.93. The number of halogens is 3. The summed E-state index contributed by atoms with van der Waals surface area (Å²) in [4.78, 5) is 10.5. The molecule has 0 atom stereocenters. The Balaban J connectivity index is 2.81. The van der Waals surface area contributed by atoms with Gasteiger partial charge in [0.15, 0.2) is 12.9 Å². The fourth-order valence-electron chi connectivity index (χ4n) is 1.05. The molecule has 5 heteroatoms. The minimum atomic E-state index is -4.40. The summed E-state index contributed by atoms with van der Waals surface area (Å²) in [6.45, 7) is 0.345. The van der Waals surface area contributed by atoms with E-state index in [-0.39, 0.29) is 11.3 Å². The Bertz CT molecular complexity index is 358. The number of alkyl halides is 3. The number of aryl methyl sites for hydroxylation is 1. The molecule has 1 aromatic carbocycles. The van der Waals surface area contributed by atoms with Gasteiger partial charge >= 0.3 is 6.18 Å². The van der Waals surface area contributed by atoms with Gasteiger partial charge in [-0.3, -0.25) is 4.79 Å². The van der Waals surface area contributed by atoms with Gasteiger partial charge in [0.05, 0.1) is 5.56 Å². The van der Waals surface area contributed by atoms with E-state index in [9.17, 15) is 18.0 Å². The van der Waals surface area contributed by atoms with Crippen LogP contribution >= 0.6 is 0 Å². The standard InChI is InChI=1S/C10H9F3O2/c1-7-2-3-9(8(4-7)5-14)15-6-10(11,12)13/h2-5H,6H2,1H3. The predicted octanol–water partition coefficient (Wildman–Crippen LogP) is 2.75. The lowest BCUT2D eigenvalue weighted by molar-refractivity contribution is -0.153. The third-order valence-corrected chi connectivity index (χ3v) is 1.68. The van der Waals surface area contributed by atoms with Crippen LogP contribution in [0.4, 0.5) is 13.2 Å². The number of aldehydes is 1. The summed E-state index contributed by atoms with van der Waals surface area (Å²) < 4.78 is 40.0. The summed E-state index contributed by atoms with van der Waals surface area (Å²) in [7, 11) is 0. The van der Waals surface area contributed by atoms with Gasteiger partial charge in [-0.25, -0.2) is 0 Å². The van der Waals surface area contributed by atoms with Crippen molar-refractivity contribution in [2.45, 2.75) is 13.1 Å². The van der Waals surface area contributed by atoms with Crippen molar-refractivity contribution >= 4 is 6.29 Å². The maximum atomic E-state index is 11.8. The van der Waals surface area contributed by atoms with Gasteiger partial charge in [-0.05, 0) is 19.1 Å². The second kappa shape index (κ2) is 4.33. The number of hydrogen-bond donors (Lipinski definition) is 0. The van der Waals surface area contributed by atoms with Crippen LogP contribution in [0.25, 0.3) is 0 Å². The molecule has 0 radical (unpaired) electrons. The molecule has 1 aromatic rings. The number of ether oxygens (including phenoxy) is 1. The number of rotatable bonds is 3. The first-order valence-electron chi connectivity index (χ1n) is 4.18. The lowest BCUT2D eigenvalue weighted by atomic mass is 10.1. The van der Waals surface area contributed by atoms with Gasteiger partial charge in [-0.2, -0.15) is 13.2 Å². The van der Waals surface area contributed by atoms with Crippen molar-refractivity contribution in [3.8, 4) is 5.75 Å². The molecule has 0 spiro atoms. The van der Waals surface area contributed by atoms with Gasteiger partial charge in [0, 0.05) is 0 Å². The van der Waals surface area contributed by atoms with E-state index >= 15 is 0 Å². The summed E-state index contributed by atoms with van der Waals surface area (Å²) in [5.41, 5.74) is 0.913. The van der Waals surface area contributed by atoms with Crippen LogP contribution in [0.2, 0.25) is 0 Å². The minimum Gasteiger partial charge on any atom is -0.483 e. The van der Waals surface area contributed by atoms with Crippen LogP contribution in [0, 0.1) is 6.92 Å². The Hall–Kier alpha value is -1.52. The average molecular weight is 218 g/mol. The zero-order valence-corrected chi connectivity index (χ0v) is 7.97. The van der Waals surface area contributed by atoms with E-state index in [4.69, 9.17) is 0 Å². The molecule has 0 bridgehead atoms. The monoisotopic (exact) mass is 218 g/mol. The Labute approximate surface area is 84.7 Å². The predicted molar refractivity (Wildman–Crippen MR) is 48.1 cm³/mol. The van der Waals surface area contributed by atoms with Crippen molar-refractivity contribution in [1.29, 1.82) is 0 Å². The van der Waals surface area contributed by atoms with Crippen LogP contribution in [0.1, 0.15) is 15.9 Å². The maximum Gasteiger partial charge on any atom is 0.422 e. The fourth-order valence-corrected chi connectivity index (χ4v) is 1.05. The number of hydrogen-bond acceptors (Lipinski definition) is 2. The van der Waals surface area contributed by atoms with Crippen molar-refractivity contribution in [3.05, 3.63) is 29.3 Å². The zero-order valence-electron chi connectivity index (χ0n) is 7.97. The molecule has 1 rings (SSSR count). The highest BCUT2D eigenvalue weighted by atomic mass is 19.4. The number of carbonyl (C=O) groups excluding carboxylic acids is 1. The molecule has 15 heavy (non-hydrogen) atoms. The molecule has 0 aromatic heterocycles. The molecular formula is C10H9F3O2. The summed E-state index contributed by atoms with van der Waals surface area (Å²) in [5, 5.41) is 0. The van der Waals surface area contributed by atoms with Crippen LogP contribution in [0.3, 0.4) is 0 Å². The van der Waals surface area contributed by atoms with E-state index in [0.29, 0.717) is 6.29 Å². The number of carbonyl (C=O) groups is 1. The van der Waals surface area contributed by atoms with E-state index in [1.165, 1.54) is 12.1 Å². The molecule has 0 saturated carbocycles. The molecule has 0 N–H and O–H groups in total. The summed E-state index contributed by atoms with van der Waals surface area (Å²) >= 11 is 0. The molecule has 0 fully saturated rings. The van der Waals surface area contributed by atoms with Crippen LogP contribution < -0.4 is 4.74 Å². The van der Waals surface area contributed by atoms with E-state index in [0.717, 1.165) is 5.56 Å². The van der Waals surface area contributed by atoms with E-state index in [2.05, 4.69) is 4.74 Å². The van der Waals surface area contributed by atoms with Gasteiger partial charge < -0.3 is 4.74 Å². The molecule has 82 valence electrons. The van der Waals surface area contributed by atoms with Gasteiger partial charge in [-0.15, -0.1) is 0 Å². The molecular weight excluding hydrogens is 209 g/mol. The number of benzene rings is 1. The summed E-state index contributed by atoms with van der Waals surface area (Å²) in [5.74, 6) is -0.0482. The van der Waals surface area contributed by atoms with Gasteiger partial charge in [-0.1, -0.05) is 11.6 Å². The van der Waals surface area contributed by atoms with Crippen molar-refractivity contribution < 1.29 is 22.7 Å². The van der Waals surface area contributed by atoms with Crippen LogP contribution in [-0.2, 0) is 0 Å². The SMILES string of the molecule is Cc1ccc(OCC(F)(F)F)c(C=O)c1. The quantitative estimate of drug-likeness (QED) is 0.729. The molecule has 0 unspecified atom stereocenters. The second-order valence-electron chi connectivity index (χ2n) is 3.06. The van der Waals surface area contributed by atoms with Gasteiger partial charge in [0.25, 0.3) is 0 Å². The van der Waals surface area contributed by atoms with Crippen LogP contribution in [0.15, 0.2) is 18.2 Å². The minimum absolute atomic E-state index is 0.0482. The van der Waals surface area contributed by atoms with E-state index < -0.39 is 12.8 Å². The molecule has 0 aliphatic rings. The molecule has 0 amide bonds. The lowest BCUT2D eigenvalue weighted by Crippen LogP contribution is -2.19. The van der Waals surface area contributed by atoms with E-state index in [1.807, 2.05) is 0 Å². The highest BCUT2D eigenvalue weighted by Crippen LogP contribution is 2.22. The summed E-state index contributed by atoms with van der Waals surface area (Å²) in [6, 6.07) is 4.40. The maximum absolute atomic E-state index is 11.8. The van der Waals surface area contributed by atoms with Gasteiger partial charge in [0.1, 0.15) is 5.75 Å². The second-order valence-corrected chi connectivity index (χ2v) is 3.06. The van der Waals surface area contributed by atoms with E-state index in [1.54, 1.807) is 13.0 Å². The highest BCUT2D eigenvalue weighted by molar-refractivity contribution is 5.79. The zero-order chi connectivity index (χ0) is 11.5. The Kier molecular flexibility index (Phi) is 3.34. The largest absolute Gasteiger partial charge is 0.483 e. The molecule has 0 aliphatic carbocycles. The smallest absolute Gasteiger partial charge is 0.422 e. The molecule has 0 aliphatic heterocycles. The third-order valence-electron chi connectivity index (χ3n) is 1.68. The molecule has 0 heterocycles. The topological polar surface area (TPSA) is 26.3 Å². The molecule has 2 nitrogen and oxygen atoms in total. The Morgan fingerprint density at radius 2 is 2.07 bits per heavy atom. The first-order valence-corrected chi connectivity index (χ1v) is 4.18. The van der Waals surface area contributed by atoms with Crippen molar-refractivity contribution in [2.75, 3.05) is 6.61 Å². The Morgan fingerprint density at radius 1 is 1.40 bits per heavy atom. The lowest BCUT2D eigenvalue weighted by Gasteiger charge is -2.10. The highest BCUT2D eigenvalue weighted by Gasteiger charge is 2.28. The van der Waals surface area contributed by atoms with Crippen LogP contribution in [0.5, 0.6) is 5.75 Å². The van der Waals surface area contributed by atoms with Crippen molar-refractivity contribution in [1.82, 2.24) is 0 Å². The van der Waals surface area contributed by atoms with Crippen molar-refractivity contribution in [2.24, 2.45) is 0 Å². The van der Waals surface area contributed by atoms with Gasteiger partial charge in [0.2, 0.25) is 0 Å². The first kappa shape index (κ1) is 11.6. The average Bonchev–Trinajstić information content (AvgIpc) is 2.14.